The van der Waals surface area contributed by atoms with Crippen molar-refractivity contribution < 1.29 is 9.59 Å². The molecular weight excluding hydrogens is 388 g/mol. The van der Waals surface area contributed by atoms with Gasteiger partial charge in [0, 0.05) is 49.3 Å². The summed E-state index contributed by atoms with van der Waals surface area (Å²) in [6.45, 7) is 5.03. The molecule has 1 saturated heterocycles. The number of fused-ring (bicyclic) bond motifs is 1. The summed E-state index contributed by atoms with van der Waals surface area (Å²) >= 11 is 0. The highest BCUT2D eigenvalue weighted by Gasteiger charge is 2.18. The highest BCUT2D eigenvalue weighted by molar-refractivity contribution is 5.82. The normalized spacial score (nSPS) is 17.7. The van der Waals surface area contributed by atoms with Crippen LogP contribution < -0.4 is 10.2 Å². The number of piperazine rings is 1. The van der Waals surface area contributed by atoms with Crippen LogP contribution in [0, 0.1) is 0 Å². The van der Waals surface area contributed by atoms with Gasteiger partial charge in [0.05, 0.1) is 5.52 Å². The van der Waals surface area contributed by atoms with Gasteiger partial charge in [0.2, 0.25) is 5.91 Å². The van der Waals surface area contributed by atoms with Crippen LogP contribution in [-0.4, -0.2) is 54.8 Å². The van der Waals surface area contributed by atoms with Gasteiger partial charge < -0.3 is 10.2 Å². The zero-order chi connectivity index (χ0) is 21.5. The number of carbonyl (C=O) groups is 2. The van der Waals surface area contributed by atoms with E-state index < -0.39 is 0 Å². The molecule has 0 saturated carbocycles. The molecule has 0 radical (unpaired) electrons. The summed E-state index contributed by atoms with van der Waals surface area (Å²) < 4.78 is 0. The van der Waals surface area contributed by atoms with Gasteiger partial charge in [0.15, 0.2) is 0 Å². The Kier molecular flexibility index (Phi) is 7.30. The number of nitrogens with zero attached hydrogens (tertiary/aromatic N) is 3. The van der Waals surface area contributed by atoms with Crippen LogP contribution in [0.1, 0.15) is 44.9 Å². The summed E-state index contributed by atoms with van der Waals surface area (Å²) in [6.07, 6.45) is 7.02. The number of carbonyl (C=O) groups excluding carboxylic acids is 2. The molecule has 1 aliphatic heterocycles. The zero-order valence-corrected chi connectivity index (χ0v) is 18.2. The molecule has 4 rings (SSSR count). The number of aromatic nitrogens is 1. The van der Waals surface area contributed by atoms with Crippen LogP contribution in [0.5, 0.6) is 0 Å². The summed E-state index contributed by atoms with van der Waals surface area (Å²) in [4.78, 5) is 33.0. The first-order valence-electron chi connectivity index (χ1n) is 11.5. The Labute approximate surface area is 184 Å². The van der Waals surface area contributed by atoms with Crippen LogP contribution in [-0.2, 0) is 9.59 Å². The molecule has 31 heavy (non-hydrogen) atoms. The lowest BCUT2D eigenvalue weighted by Crippen LogP contribution is -2.46. The maximum Gasteiger partial charge on any atom is 0.224 e. The number of rotatable bonds is 8. The zero-order valence-electron chi connectivity index (χ0n) is 18.2. The fraction of sp³-hybridized carbons (Fsp3) is 0.480. The number of anilines is 1. The third kappa shape index (κ3) is 5.70. The van der Waals surface area contributed by atoms with E-state index in [-0.39, 0.29) is 5.91 Å². The molecule has 1 aromatic carbocycles. The van der Waals surface area contributed by atoms with Crippen molar-refractivity contribution in [3.05, 3.63) is 47.7 Å². The molecule has 0 unspecified atom stereocenters. The van der Waals surface area contributed by atoms with E-state index in [2.05, 4.69) is 39.4 Å². The van der Waals surface area contributed by atoms with Crippen molar-refractivity contribution in [2.45, 2.75) is 44.9 Å². The van der Waals surface area contributed by atoms with E-state index in [0.29, 0.717) is 6.42 Å². The van der Waals surface area contributed by atoms with Crippen LogP contribution in [0.3, 0.4) is 0 Å². The van der Waals surface area contributed by atoms with E-state index >= 15 is 0 Å². The molecule has 1 aromatic heterocycles. The lowest BCUT2D eigenvalue weighted by atomic mass is 9.97. The van der Waals surface area contributed by atoms with E-state index in [1.165, 1.54) is 5.39 Å². The van der Waals surface area contributed by atoms with Gasteiger partial charge in [-0.3, -0.25) is 14.5 Å². The van der Waals surface area contributed by atoms with Crippen molar-refractivity contribution in [2.75, 3.05) is 37.6 Å². The van der Waals surface area contributed by atoms with Crippen molar-refractivity contribution in [3.63, 3.8) is 0 Å². The summed E-state index contributed by atoms with van der Waals surface area (Å²) in [5, 5.41) is 4.15. The van der Waals surface area contributed by atoms with E-state index in [4.69, 9.17) is 4.98 Å². The molecule has 0 bridgehead atoms. The van der Waals surface area contributed by atoms with Gasteiger partial charge in [-0.25, -0.2) is 4.98 Å². The van der Waals surface area contributed by atoms with Crippen molar-refractivity contribution in [2.24, 2.45) is 0 Å². The molecule has 6 heteroatoms. The second-order valence-electron chi connectivity index (χ2n) is 8.52. The topological polar surface area (TPSA) is 65.5 Å². The maximum atomic E-state index is 12.2. The van der Waals surface area contributed by atoms with Crippen LogP contribution in [0.4, 0.5) is 5.82 Å². The molecule has 2 aromatic rings. The lowest BCUT2D eigenvalue weighted by Gasteiger charge is -2.35. The van der Waals surface area contributed by atoms with Gasteiger partial charge in [-0.15, -0.1) is 0 Å². The molecule has 0 atom stereocenters. The number of pyridine rings is 1. The molecule has 1 N–H and O–H groups in total. The number of hydrogen-bond donors (Lipinski definition) is 1. The number of hydrogen-bond acceptors (Lipinski definition) is 5. The predicted molar refractivity (Wildman–Crippen MR) is 124 cm³/mol. The summed E-state index contributed by atoms with van der Waals surface area (Å²) in [6, 6.07) is 12.5. The molecule has 1 amide bonds. The second-order valence-corrected chi connectivity index (χ2v) is 8.52. The maximum absolute atomic E-state index is 12.2. The smallest absolute Gasteiger partial charge is 0.224 e. The number of amides is 1. The first kappa shape index (κ1) is 21.5. The minimum Gasteiger partial charge on any atom is -0.354 e. The van der Waals surface area contributed by atoms with Crippen LogP contribution in [0.2, 0.25) is 0 Å². The Morgan fingerprint density at radius 2 is 1.81 bits per heavy atom. The lowest BCUT2D eigenvalue weighted by molar-refractivity contribution is -0.120. The van der Waals surface area contributed by atoms with Crippen molar-refractivity contribution >= 4 is 28.9 Å². The predicted octanol–water partition coefficient (Wildman–Crippen LogP) is 3.67. The Hall–Kier alpha value is -2.73. The fourth-order valence-electron chi connectivity index (χ4n) is 4.49. The summed E-state index contributed by atoms with van der Waals surface area (Å²) in [7, 11) is 0. The number of para-hydroxylation sites is 1. The Balaban J connectivity index is 1.16. The number of nitrogens with one attached hydrogen (secondary N) is 1. The van der Waals surface area contributed by atoms with E-state index in [9.17, 15) is 9.59 Å². The van der Waals surface area contributed by atoms with Gasteiger partial charge >= 0.3 is 0 Å². The van der Waals surface area contributed by atoms with Gasteiger partial charge in [-0.1, -0.05) is 18.2 Å². The second kappa shape index (κ2) is 10.5. The Morgan fingerprint density at radius 1 is 1.00 bits per heavy atom. The van der Waals surface area contributed by atoms with Crippen LogP contribution >= 0.6 is 0 Å². The van der Waals surface area contributed by atoms with Gasteiger partial charge in [-0.05, 0) is 63.3 Å². The number of benzene rings is 1. The van der Waals surface area contributed by atoms with Gasteiger partial charge in [0.25, 0.3) is 0 Å². The number of aldehydes is 1. The van der Waals surface area contributed by atoms with Gasteiger partial charge in [0.1, 0.15) is 12.1 Å². The quantitative estimate of drug-likeness (QED) is 0.521. The molecule has 0 spiro atoms. The van der Waals surface area contributed by atoms with E-state index in [1.807, 2.05) is 12.1 Å². The summed E-state index contributed by atoms with van der Waals surface area (Å²) in [5.74, 6) is 1.10. The third-order valence-corrected chi connectivity index (χ3v) is 6.35. The minimum absolute atomic E-state index is 0.0449. The third-order valence-electron chi connectivity index (χ3n) is 6.35. The Bertz CT molecular complexity index is 947. The number of allylic oxidation sites excluding steroid dienone is 2. The average molecular weight is 421 g/mol. The van der Waals surface area contributed by atoms with Crippen molar-refractivity contribution in [3.8, 4) is 0 Å². The van der Waals surface area contributed by atoms with Crippen molar-refractivity contribution in [1.29, 1.82) is 0 Å². The van der Waals surface area contributed by atoms with Gasteiger partial charge in [-0.2, -0.15) is 0 Å². The molecule has 164 valence electrons. The van der Waals surface area contributed by atoms with Crippen molar-refractivity contribution in [1.82, 2.24) is 15.2 Å². The Morgan fingerprint density at radius 3 is 2.65 bits per heavy atom. The largest absolute Gasteiger partial charge is 0.354 e. The van der Waals surface area contributed by atoms with E-state index in [0.717, 1.165) is 100 Å². The standard InChI is InChI=1S/C25H32N4O2/c30-19-21-8-2-4-10-23(21)27-25(31)11-5-6-14-28-15-17-29(18-16-28)24-13-12-20-7-1-3-9-22(20)26-24/h1,3,7,9,12-13,19H,2,4-6,8,10-11,14-18H2,(H,27,31). The molecule has 2 heterocycles. The molecule has 1 aliphatic carbocycles. The van der Waals surface area contributed by atoms with Crippen LogP contribution in [0.15, 0.2) is 47.7 Å². The summed E-state index contributed by atoms with van der Waals surface area (Å²) in [5.41, 5.74) is 2.67. The number of unbranched alkanes of at least 4 members (excludes halogenated alkanes) is 1. The van der Waals surface area contributed by atoms with Crippen LogP contribution in [0.25, 0.3) is 10.9 Å². The minimum atomic E-state index is 0.0449. The first-order chi connectivity index (χ1) is 15.2. The highest BCUT2D eigenvalue weighted by atomic mass is 16.1. The average Bonchev–Trinajstić information content (AvgIpc) is 2.82. The monoisotopic (exact) mass is 420 g/mol. The molecule has 2 aliphatic rings. The van der Waals surface area contributed by atoms with E-state index in [1.54, 1.807) is 0 Å². The highest BCUT2D eigenvalue weighted by Crippen LogP contribution is 2.22. The first-order valence-corrected chi connectivity index (χ1v) is 11.5. The molecule has 6 nitrogen and oxygen atoms in total. The SMILES string of the molecule is O=CC1=C(NC(=O)CCCCN2CCN(c3ccc4ccccc4n3)CC2)CCCC1. The fourth-order valence-corrected chi connectivity index (χ4v) is 4.49. The molecule has 1 fully saturated rings. The molecular formula is C25H32N4O2.